The normalized spacial score (nSPS) is 11.8. The van der Waals surface area contributed by atoms with E-state index in [1.165, 1.54) is 12.1 Å². The lowest BCUT2D eigenvalue weighted by atomic mass is 10.2. The van der Waals surface area contributed by atoms with E-state index in [1.54, 1.807) is 26.4 Å². The minimum atomic E-state index is -0.285. The smallest absolute Gasteiger partial charge is 0.191 e. The third-order valence-corrected chi connectivity index (χ3v) is 3.94. The van der Waals surface area contributed by atoms with Gasteiger partial charge in [0.05, 0.1) is 27.3 Å². The zero-order chi connectivity index (χ0) is 20.4. The van der Waals surface area contributed by atoms with Crippen LogP contribution in [-0.4, -0.2) is 39.4 Å². The van der Waals surface area contributed by atoms with Crippen molar-refractivity contribution in [1.29, 1.82) is 0 Å². The highest BCUT2D eigenvalue weighted by Gasteiger charge is 2.10. The maximum Gasteiger partial charge on any atom is 0.191 e. The largest absolute Gasteiger partial charge is 0.493 e. The van der Waals surface area contributed by atoms with E-state index in [0.29, 0.717) is 36.3 Å². The van der Waals surface area contributed by atoms with Gasteiger partial charge < -0.3 is 24.8 Å². The molecule has 0 aliphatic carbocycles. The van der Waals surface area contributed by atoms with Gasteiger partial charge in [-0.1, -0.05) is 12.1 Å². The van der Waals surface area contributed by atoms with Gasteiger partial charge in [-0.15, -0.1) is 24.0 Å². The van der Waals surface area contributed by atoms with Crippen LogP contribution in [0.2, 0.25) is 0 Å². The van der Waals surface area contributed by atoms with Crippen molar-refractivity contribution in [2.75, 3.05) is 27.3 Å². The van der Waals surface area contributed by atoms with Crippen molar-refractivity contribution in [3.8, 4) is 17.2 Å². The highest BCUT2D eigenvalue weighted by molar-refractivity contribution is 14.0. The van der Waals surface area contributed by atoms with Crippen LogP contribution in [0.1, 0.15) is 19.4 Å². The maximum absolute atomic E-state index is 13.0. The summed E-state index contributed by atoms with van der Waals surface area (Å²) in [5.74, 6) is 2.36. The first-order chi connectivity index (χ1) is 13.6. The van der Waals surface area contributed by atoms with Gasteiger partial charge in [-0.05, 0) is 44.2 Å². The monoisotopic (exact) mass is 517 g/mol. The summed E-state index contributed by atoms with van der Waals surface area (Å²) in [4.78, 5) is 4.61. The van der Waals surface area contributed by atoms with Crippen molar-refractivity contribution < 1.29 is 18.6 Å². The molecule has 160 valence electrons. The van der Waals surface area contributed by atoms with Gasteiger partial charge in [-0.2, -0.15) is 0 Å². The van der Waals surface area contributed by atoms with E-state index in [9.17, 15) is 4.39 Å². The van der Waals surface area contributed by atoms with Crippen molar-refractivity contribution in [2.45, 2.75) is 26.5 Å². The number of benzene rings is 2. The minimum absolute atomic E-state index is 0. The number of para-hydroxylation sites is 1. The van der Waals surface area contributed by atoms with E-state index in [-0.39, 0.29) is 35.9 Å². The Bertz CT molecular complexity index is 772. The van der Waals surface area contributed by atoms with Gasteiger partial charge in [0.2, 0.25) is 0 Å². The van der Waals surface area contributed by atoms with Crippen LogP contribution in [0.3, 0.4) is 0 Å². The van der Waals surface area contributed by atoms with Gasteiger partial charge in [0.1, 0.15) is 17.7 Å². The molecule has 0 saturated heterocycles. The molecule has 8 heteroatoms. The van der Waals surface area contributed by atoms with E-state index in [1.807, 2.05) is 32.0 Å². The van der Waals surface area contributed by atoms with E-state index >= 15 is 0 Å². The summed E-state index contributed by atoms with van der Waals surface area (Å²) < 4.78 is 29.5. The zero-order valence-electron chi connectivity index (χ0n) is 17.2. The number of nitrogens with zero attached hydrogens (tertiary/aromatic N) is 1. The molecule has 0 aliphatic heterocycles. The zero-order valence-corrected chi connectivity index (χ0v) is 19.5. The lowest BCUT2D eigenvalue weighted by Gasteiger charge is -2.18. The molecule has 1 atom stereocenters. The number of nitrogens with one attached hydrogen (secondary N) is 2. The lowest BCUT2D eigenvalue weighted by Crippen LogP contribution is -2.41. The molecular formula is C21H29FIN3O3. The third-order valence-electron chi connectivity index (χ3n) is 3.94. The molecule has 6 nitrogen and oxygen atoms in total. The first kappa shape index (κ1) is 24.8. The summed E-state index contributed by atoms with van der Waals surface area (Å²) >= 11 is 0. The van der Waals surface area contributed by atoms with Crippen molar-refractivity contribution in [3.05, 3.63) is 53.8 Å². The van der Waals surface area contributed by atoms with E-state index < -0.39 is 0 Å². The van der Waals surface area contributed by atoms with E-state index in [2.05, 4.69) is 15.6 Å². The van der Waals surface area contributed by atoms with Crippen LogP contribution in [0.15, 0.2) is 47.5 Å². The van der Waals surface area contributed by atoms with Crippen molar-refractivity contribution in [1.82, 2.24) is 10.6 Å². The Balaban J connectivity index is 0.00000420. The van der Waals surface area contributed by atoms with Gasteiger partial charge in [0.15, 0.2) is 17.5 Å². The number of hydrogen-bond donors (Lipinski definition) is 2. The van der Waals surface area contributed by atoms with Gasteiger partial charge in [-0.3, -0.25) is 0 Å². The van der Waals surface area contributed by atoms with Crippen molar-refractivity contribution in [3.63, 3.8) is 0 Å². The molecule has 0 spiro atoms. The summed E-state index contributed by atoms with van der Waals surface area (Å²) in [6, 6.07) is 11.7. The maximum atomic E-state index is 13.0. The Morgan fingerprint density at radius 1 is 1.07 bits per heavy atom. The van der Waals surface area contributed by atoms with Gasteiger partial charge in [0, 0.05) is 12.1 Å². The topological polar surface area (TPSA) is 64.1 Å². The van der Waals surface area contributed by atoms with Crippen LogP contribution in [0, 0.1) is 5.82 Å². The molecule has 0 aromatic heterocycles. The van der Waals surface area contributed by atoms with E-state index in [0.717, 1.165) is 12.1 Å². The number of methoxy groups -OCH3 is 2. The summed E-state index contributed by atoms with van der Waals surface area (Å²) in [6.07, 6.45) is -0.124. The summed E-state index contributed by atoms with van der Waals surface area (Å²) in [5.41, 5.74) is 0.926. The fourth-order valence-electron chi connectivity index (χ4n) is 2.61. The average Bonchev–Trinajstić information content (AvgIpc) is 2.71. The van der Waals surface area contributed by atoms with Gasteiger partial charge >= 0.3 is 0 Å². The lowest BCUT2D eigenvalue weighted by molar-refractivity contribution is 0.223. The first-order valence-corrected chi connectivity index (χ1v) is 9.21. The van der Waals surface area contributed by atoms with Gasteiger partial charge in [-0.25, -0.2) is 9.38 Å². The summed E-state index contributed by atoms with van der Waals surface area (Å²) in [6.45, 7) is 5.64. The van der Waals surface area contributed by atoms with Crippen molar-refractivity contribution >= 4 is 29.9 Å². The van der Waals surface area contributed by atoms with Crippen LogP contribution in [0.4, 0.5) is 4.39 Å². The van der Waals surface area contributed by atoms with Crippen LogP contribution < -0.4 is 24.8 Å². The fourth-order valence-corrected chi connectivity index (χ4v) is 2.61. The van der Waals surface area contributed by atoms with E-state index in [4.69, 9.17) is 14.2 Å². The van der Waals surface area contributed by atoms with Gasteiger partial charge in [0.25, 0.3) is 0 Å². The molecule has 0 heterocycles. The molecule has 29 heavy (non-hydrogen) atoms. The fraction of sp³-hybridized carbons (Fsp3) is 0.381. The second-order valence-corrected chi connectivity index (χ2v) is 6.11. The van der Waals surface area contributed by atoms with Crippen LogP contribution in [-0.2, 0) is 6.54 Å². The Hall–Kier alpha value is -2.23. The minimum Gasteiger partial charge on any atom is -0.493 e. The van der Waals surface area contributed by atoms with Crippen LogP contribution in [0.5, 0.6) is 17.2 Å². The Morgan fingerprint density at radius 3 is 2.41 bits per heavy atom. The number of rotatable bonds is 9. The Morgan fingerprint density at radius 2 is 1.79 bits per heavy atom. The van der Waals surface area contributed by atoms with Crippen LogP contribution >= 0.6 is 24.0 Å². The third kappa shape index (κ3) is 7.96. The summed E-state index contributed by atoms with van der Waals surface area (Å²) in [5, 5.41) is 6.46. The molecule has 0 amide bonds. The number of aliphatic imine (C=N–C) groups is 1. The molecule has 0 saturated carbocycles. The predicted octanol–water partition coefficient (Wildman–Crippen LogP) is 3.98. The second-order valence-electron chi connectivity index (χ2n) is 6.11. The number of hydrogen-bond acceptors (Lipinski definition) is 4. The number of ether oxygens (including phenoxy) is 3. The quantitative estimate of drug-likeness (QED) is 0.300. The Kier molecular flexibility index (Phi) is 11.2. The molecule has 0 bridgehead atoms. The molecular weight excluding hydrogens is 488 g/mol. The molecule has 2 aromatic carbocycles. The molecule has 0 radical (unpaired) electrons. The molecule has 2 aromatic rings. The average molecular weight is 517 g/mol. The molecule has 2 rings (SSSR count). The summed E-state index contributed by atoms with van der Waals surface area (Å²) in [7, 11) is 3.22. The standard InChI is InChI=1S/C21H28FN3O3.HI/c1-5-23-21(24-13-15(2)28-18-11-9-17(22)10-12-18)25-14-16-7-6-8-19(26-3)20(16)27-4;/h6-12,15H,5,13-14H2,1-4H3,(H2,23,24,25);1H. The molecule has 0 fully saturated rings. The number of guanidine groups is 1. The second kappa shape index (κ2) is 13.1. The highest BCUT2D eigenvalue weighted by atomic mass is 127. The Labute approximate surface area is 188 Å². The highest BCUT2D eigenvalue weighted by Crippen LogP contribution is 2.31. The van der Waals surface area contributed by atoms with Crippen LogP contribution in [0.25, 0.3) is 0 Å². The first-order valence-electron chi connectivity index (χ1n) is 9.21. The molecule has 2 N–H and O–H groups in total. The molecule has 0 aliphatic rings. The predicted molar refractivity (Wildman–Crippen MR) is 124 cm³/mol. The SMILES string of the molecule is CCNC(=NCc1cccc(OC)c1OC)NCC(C)Oc1ccc(F)cc1.I. The molecule has 1 unspecified atom stereocenters. The van der Waals surface area contributed by atoms with Crippen molar-refractivity contribution in [2.24, 2.45) is 4.99 Å². The number of halogens is 2.